The van der Waals surface area contributed by atoms with Gasteiger partial charge in [0.2, 0.25) is 0 Å². The van der Waals surface area contributed by atoms with Crippen LogP contribution in [0.2, 0.25) is 0 Å². The van der Waals surface area contributed by atoms with E-state index in [1.54, 1.807) is 24.3 Å². The molecular weight excluding hydrogens is 321 g/mol. The molecule has 0 unspecified atom stereocenters. The second-order valence-corrected chi connectivity index (χ2v) is 6.94. The van der Waals surface area contributed by atoms with Gasteiger partial charge < -0.3 is 14.7 Å². The monoisotopic (exact) mass is 343 g/mol. The van der Waals surface area contributed by atoms with Crippen molar-refractivity contribution >= 4 is 16.7 Å². The molecule has 2 aliphatic heterocycles. The summed E-state index contributed by atoms with van der Waals surface area (Å²) in [4.78, 5) is 15.1. The summed E-state index contributed by atoms with van der Waals surface area (Å²) in [5, 5.41) is 11.4. The van der Waals surface area contributed by atoms with Gasteiger partial charge in [0.25, 0.3) is 5.91 Å². The number of aliphatic hydroxyl groups is 1. The van der Waals surface area contributed by atoms with Crippen LogP contribution in [0.4, 0.5) is 4.39 Å². The third-order valence-corrected chi connectivity index (χ3v) is 5.52. The van der Waals surface area contributed by atoms with Gasteiger partial charge in [-0.2, -0.15) is 0 Å². The van der Waals surface area contributed by atoms with Crippen LogP contribution in [0.25, 0.3) is 10.8 Å². The van der Waals surface area contributed by atoms with E-state index in [9.17, 15) is 14.3 Å². The first-order valence-corrected chi connectivity index (χ1v) is 8.91. The maximum Gasteiger partial charge on any atom is 0.254 e. The minimum absolute atomic E-state index is 0.0217. The molecule has 132 valence electrons. The van der Waals surface area contributed by atoms with Gasteiger partial charge in [0.15, 0.2) is 0 Å². The molecule has 0 aromatic heterocycles. The fraction of sp³-hybridized carbons (Fsp3) is 0.450. The normalized spacial score (nSPS) is 27.0. The van der Waals surface area contributed by atoms with Crippen LogP contribution in [-0.4, -0.2) is 47.8 Å². The van der Waals surface area contributed by atoms with E-state index in [0.717, 1.165) is 12.8 Å². The number of amides is 1. The Bertz CT molecular complexity index is 794. The lowest BCUT2D eigenvalue weighted by atomic mass is 9.89. The van der Waals surface area contributed by atoms with Crippen LogP contribution in [0.5, 0.6) is 0 Å². The molecule has 0 saturated carbocycles. The van der Waals surface area contributed by atoms with E-state index in [4.69, 9.17) is 4.74 Å². The molecule has 25 heavy (non-hydrogen) atoms. The first-order chi connectivity index (χ1) is 12.2. The number of benzene rings is 2. The van der Waals surface area contributed by atoms with Crippen LogP contribution in [0.1, 0.15) is 29.6 Å². The summed E-state index contributed by atoms with van der Waals surface area (Å²) < 4.78 is 19.6. The summed E-state index contributed by atoms with van der Waals surface area (Å²) >= 11 is 0. The van der Waals surface area contributed by atoms with Gasteiger partial charge in [-0.15, -0.1) is 0 Å². The first-order valence-electron chi connectivity index (χ1n) is 8.91. The Balaban J connectivity index is 1.67. The number of carbonyl (C=O) groups is 1. The number of nitrogens with zero attached hydrogens (tertiary/aromatic N) is 1. The highest BCUT2D eigenvalue weighted by atomic mass is 19.1. The molecule has 1 N–H and O–H groups in total. The molecule has 4 nitrogen and oxygen atoms in total. The molecule has 5 heteroatoms. The van der Waals surface area contributed by atoms with Gasteiger partial charge in [-0.05, 0) is 36.8 Å². The van der Waals surface area contributed by atoms with Crippen molar-refractivity contribution in [1.82, 2.24) is 4.90 Å². The molecule has 0 radical (unpaired) electrons. The molecule has 0 aliphatic carbocycles. The molecule has 4 rings (SSSR count). The van der Waals surface area contributed by atoms with Crippen molar-refractivity contribution in [2.24, 2.45) is 5.92 Å². The van der Waals surface area contributed by atoms with Crippen molar-refractivity contribution < 1.29 is 19.0 Å². The third kappa shape index (κ3) is 2.92. The van der Waals surface area contributed by atoms with Gasteiger partial charge in [0.1, 0.15) is 5.82 Å². The lowest BCUT2D eigenvalue weighted by molar-refractivity contribution is -0.0589. The molecule has 2 aliphatic rings. The lowest BCUT2D eigenvalue weighted by Gasteiger charge is -2.37. The molecule has 2 fully saturated rings. The molecule has 0 bridgehead atoms. The SMILES string of the molecule is O=C(c1ccc(F)c2ccccc12)N1CCC[C@@H]1[C@@H]1COCC[C@H]1O. The van der Waals surface area contributed by atoms with E-state index in [1.165, 1.54) is 6.07 Å². The first kappa shape index (κ1) is 16.5. The van der Waals surface area contributed by atoms with Gasteiger partial charge in [-0.3, -0.25) is 4.79 Å². The Labute approximate surface area is 146 Å². The molecule has 1 amide bonds. The molecule has 2 aromatic rings. The molecule has 0 spiro atoms. The van der Waals surface area contributed by atoms with E-state index in [0.29, 0.717) is 42.5 Å². The summed E-state index contributed by atoms with van der Waals surface area (Å²) in [6, 6.07) is 9.98. The Kier molecular flexibility index (Phi) is 4.44. The van der Waals surface area contributed by atoms with Crippen LogP contribution < -0.4 is 0 Å². The van der Waals surface area contributed by atoms with E-state index in [1.807, 2.05) is 11.0 Å². The van der Waals surface area contributed by atoms with Crippen LogP contribution >= 0.6 is 0 Å². The molecule has 2 heterocycles. The van der Waals surface area contributed by atoms with E-state index in [2.05, 4.69) is 0 Å². The number of hydrogen-bond donors (Lipinski definition) is 1. The van der Waals surface area contributed by atoms with Crippen molar-refractivity contribution in [3.05, 3.63) is 47.8 Å². The standard InChI is InChI=1S/C20H22FNO3/c21-17-8-7-15(13-4-1-2-5-14(13)17)20(24)22-10-3-6-18(22)16-12-25-11-9-19(16)23/h1-2,4-5,7-8,16,18-19,23H,3,6,9-12H2/t16-,18+,19+/m0/s1. The third-order valence-electron chi connectivity index (χ3n) is 5.52. The van der Waals surface area contributed by atoms with E-state index in [-0.39, 0.29) is 23.7 Å². The second-order valence-electron chi connectivity index (χ2n) is 6.94. The predicted octanol–water partition coefficient (Wildman–Crippen LogP) is 2.98. The van der Waals surface area contributed by atoms with Crippen LogP contribution in [-0.2, 0) is 4.74 Å². The summed E-state index contributed by atoms with van der Waals surface area (Å²) in [7, 11) is 0. The Hall–Kier alpha value is -1.98. The highest BCUT2D eigenvalue weighted by molar-refractivity contribution is 6.07. The largest absolute Gasteiger partial charge is 0.393 e. The van der Waals surface area contributed by atoms with Crippen molar-refractivity contribution in [2.45, 2.75) is 31.4 Å². The Morgan fingerprint density at radius 2 is 1.96 bits per heavy atom. The lowest BCUT2D eigenvalue weighted by Crippen LogP contribution is -2.48. The maximum atomic E-state index is 14.1. The van der Waals surface area contributed by atoms with Gasteiger partial charge in [0.05, 0.1) is 12.7 Å². The molecule has 2 saturated heterocycles. The minimum atomic E-state index is -0.433. The van der Waals surface area contributed by atoms with Crippen molar-refractivity contribution in [3.8, 4) is 0 Å². The predicted molar refractivity (Wildman–Crippen MR) is 92.9 cm³/mol. The number of likely N-dealkylation sites (tertiary alicyclic amines) is 1. The number of rotatable bonds is 2. The Morgan fingerprint density at radius 1 is 1.16 bits per heavy atom. The summed E-state index contributed by atoms with van der Waals surface area (Å²) in [5.74, 6) is -0.454. The van der Waals surface area contributed by atoms with E-state index >= 15 is 0 Å². The molecule has 2 aromatic carbocycles. The summed E-state index contributed by atoms with van der Waals surface area (Å²) in [5.41, 5.74) is 0.523. The van der Waals surface area contributed by atoms with Gasteiger partial charge in [-0.25, -0.2) is 4.39 Å². The summed E-state index contributed by atoms with van der Waals surface area (Å²) in [6.45, 7) is 1.72. The van der Waals surface area contributed by atoms with Gasteiger partial charge in [0, 0.05) is 36.1 Å². The van der Waals surface area contributed by atoms with Crippen LogP contribution in [0, 0.1) is 11.7 Å². The average Bonchev–Trinajstić information content (AvgIpc) is 3.12. The minimum Gasteiger partial charge on any atom is -0.393 e. The topological polar surface area (TPSA) is 49.8 Å². The number of ether oxygens (including phenoxy) is 1. The number of fused-ring (bicyclic) bond motifs is 1. The zero-order valence-corrected chi connectivity index (χ0v) is 14.0. The molecule has 3 atom stereocenters. The molecular formula is C20H22FNO3. The fourth-order valence-electron chi connectivity index (χ4n) is 4.21. The van der Waals surface area contributed by atoms with Crippen molar-refractivity contribution in [1.29, 1.82) is 0 Å². The highest BCUT2D eigenvalue weighted by Gasteiger charge is 2.40. The van der Waals surface area contributed by atoms with Crippen molar-refractivity contribution in [3.63, 3.8) is 0 Å². The zero-order chi connectivity index (χ0) is 17.4. The highest BCUT2D eigenvalue weighted by Crippen LogP contribution is 2.32. The number of carbonyl (C=O) groups excluding carboxylic acids is 1. The smallest absolute Gasteiger partial charge is 0.254 e. The zero-order valence-electron chi connectivity index (χ0n) is 14.0. The van der Waals surface area contributed by atoms with Crippen LogP contribution in [0.15, 0.2) is 36.4 Å². The van der Waals surface area contributed by atoms with E-state index < -0.39 is 6.10 Å². The summed E-state index contributed by atoms with van der Waals surface area (Å²) in [6.07, 6.45) is 1.97. The average molecular weight is 343 g/mol. The van der Waals surface area contributed by atoms with Crippen molar-refractivity contribution in [2.75, 3.05) is 19.8 Å². The number of halogens is 1. The van der Waals surface area contributed by atoms with Crippen LogP contribution in [0.3, 0.4) is 0 Å². The van der Waals surface area contributed by atoms with Gasteiger partial charge >= 0.3 is 0 Å². The fourth-order valence-corrected chi connectivity index (χ4v) is 4.21. The van der Waals surface area contributed by atoms with Gasteiger partial charge in [-0.1, -0.05) is 24.3 Å². The second kappa shape index (κ2) is 6.73. The number of hydrogen-bond acceptors (Lipinski definition) is 3. The number of aliphatic hydroxyl groups excluding tert-OH is 1. The maximum absolute atomic E-state index is 14.1. The Morgan fingerprint density at radius 3 is 2.76 bits per heavy atom. The quantitative estimate of drug-likeness (QED) is 0.912.